The molecular formula is C9H9IN2O. The van der Waals surface area contributed by atoms with Gasteiger partial charge >= 0.3 is 0 Å². The van der Waals surface area contributed by atoms with E-state index in [2.05, 4.69) is 28.7 Å². The Hall–Kier alpha value is -0.800. The lowest BCUT2D eigenvalue weighted by Gasteiger charge is -2.08. The van der Waals surface area contributed by atoms with Gasteiger partial charge in [0.2, 0.25) is 0 Å². The predicted molar refractivity (Wildman–Crippen MR) is 58.3 cm³/mol. The summed E-state index contributed by atoms with van der Waals surface area (Å²) in [6.07, 6.45) is 0. The standard InChI is InChI=1S/C9H9IN2O/c1-13-9-3-7(10)2-6(4-11)8(9)5-12/h2-3H,5,12H2,1H3. The molecule has 0 spiro atoms. The first-order valence-corrected chi connectivity index (χ1v) is 4.77. The quantitative estimate of drug-likeness (QED) is 0.841. The van der Waals surface area contributed by atoms with Crippen molar-refractivity contribution in [1.29, 1.82) is 5.26 Å². The van der Waals surface area contributed by atoms with Crippen LogP contribution in [0.2, 0.25) is 0 Å². The lowest BCUT2D eigenvalue weighted by molar-refractivity contribution is 0.409. The van der Waals surface area contributed by atoms with Crippen molar-refractivity contribution in [2.75, 3.05) is 7.11 Å². The third kappa shape index (κ3) is 2.11. The molecule has 1 aromatic rings. The maximum Gasteiger partial charge on any atom is 0.125 e. The fourth-order valence-electron chi connectivity index (χ4n) is 1.10. The lowest BCUT2D eigenvalue weighted by atomic mass is 10.1. The smallest absolute Gasteiger partial charge is 0.125 e. The molecule has 1 rings (SSSR count). The van der Waals surface area contributed by atoms with Gasteiger partial charge in [-0.15, -0.1) is 0 Å². The van der Waals surface area contributed by atoms with E-state index in [1.54, 1.807) is 13.2 Å². The molecule has 1 aromatic carbocycles. The molecule has 0 atom stereocenters. The van der Waals surface area contributed by atoms with Crippen LogP contribution in [0.5, 0.6) is 5.75 Å². The minimum Gasteiger partial charge on any atom is -0.496 e. The number of nitriles is 1. The third-order valence-electron chi connectivity index (χ3n) is 1.72. The van der Waals surface area contributed by atoms with Crippen LogP contribution in [0.15, 0.2) is 12.1 Å². The summed E-state index contributed by atoms with van der Waals surface area (Å²) in [6, 6.07) is 5.76. The average molecular weight is 288 g/mol. The van der Waals surface area contributed by atoms with Gasteiger partial charge in [0, 0.05) is 15.7 Å². The fraction of sp³-hybridized carbons (Fsp3) is 0.222. The number of methoxy groups -OCH3 is 1. The van der Waals surface area contributed by atoms with Crippen molar-refractivity contribution in [3.63, 3.8) is 0 Å². The van der Waals surface area contributed by atoms with Crippen molar-refractivity contribution in [3.8, 4) is 11.8 Å². The third-order valence-corrected chi connectivity index (χ3v) is 2.34. The first-order valence-electron chi connectivity index (χ1n) is 3.69. The molecule has 13 heavy (non-hydrogen) atoms. The van der Waals surface area contributed by atoms with Gasteiger partial charge < -0.3 is 10.5 Å². The number of nitrogens with two attached hydrogens (primary N) is 1. The zero-order valence-electron chi connectivity index (χ0n) is 7.17. The van der Waals surface area contributed by atoms with Crippen molar-refractivity contribution in [1.82, 2.24) is 0 Å². The van der Waals surface area contributed by atoms with Gasteiger partial charge in [-0.05, 0) is 34.7 Å². The zero-order chi connectivity index (χ0) is 9.84. The summed E-state index contributed by atoms with van der Waals surface area (Å²) < 4.78 is 6.10. The second kappa shape index (κ2) is 4.44. The van der Waals surface area contributed by atoms with Crippen molar-refractivity contribution in [2.45, 2.75) is 6.54 Å². The van der Waals surface area contributed by atoms with Crippen LogP contribution in [0.3, 0.4) is 0 Å². The second-order valence-electron chi connectivity index (χ2n) is 2.45. The molecule has 68 valence electrons. The maximum absolute atomic E-state index is 8.83. The summed E-state index contributed by atoms with van der Waals surface area (Å²) in [5.41, 5.74) is 6.88. The van der Waals surface area contributed by atoms with E-state index in [1.165, 1.54) is 0 Å². The Kier molecular flexibility index (Phi) is 3.51. The van der Waals surface area contributed by atoms with Gasteiger partial charge in [-0.25, -0.2) is 0 Å². The molecule has 0 saturated carbocycles. The van der Waals surface area contributed by atoms with Crippen LogP contribution in [0.4, 0.5) is 0 Å². The van der Waals surface area contributed by atoms with Crippen LogP contribution in [0, 0.1) is 14.9 Å². The lowest BCUT2D eigenvalue weighted by Crippen LogP contribution is -2.03. The van der Waals surface area contributed by atoms with Gasteiger partial charge in [-0.2, -0.15) is 5.26 Å². The van der Waals surface area contributed by atoms with E-state index in [4.69, 9.17) is 15.7 Å². The second-order valence-corrected chi connectivity index (χ2v) is 3.70. The average Bonchev–Trinajstić information content (AvgIpc) is 2.16. The van der Waals surface area contributed by atoms with Gasteiger partial charge in [-0.1, -0.05) is 0 Å². The Morgan fingerprint density at radius 2 is 2.31 bits per heavy atom. The van der Waals surface area contributed by atoms with Gasteiger partial charge in [0.05, 0.1) is 18.7 Å². The molecule has 3 nitrogen and oxygen atoms in total. The molecule has 0 aliphatic rings. The summed E-state index contributed by atoms with van der Waals surface area (Å²) in [7, 11) is 1.58. The monoisotopic (exact) mass is 288 g/mol. The van der Waals surface area contributed by atoms with Crippen LogP contribution in [-0.4, -0.2) is 7.11 Å². The van der Waals surface area contributed by atoms with Crippen molar-refractivity contribution < 1.29 is 4.74 Å². The molecule has 0 saturated heterocycles. The van der Waals surface area contributed by atoms with Crippen LogP contribution in [0.1, 0.15) is 11.1 Å². The van der Waals surface area contributed by atoms with Gasteiger partial charge in [0.1, 0.15) is 5.75 Å². The Balaban J connectivity index is 3.36. The van der Waals surface area contributed by atoms with E-state index < -0.39 is 0 Å². The van der Waals surface area contributed by atoms with Gasteiger partial charge in [-0.3, -0.25) is 0 Å². The molecule has 4 heteroatoms. The van der Waals surface area contributed by atoms with Crippen LogP contribution >= 0.6 is 22.6 Å². The summed E-state index contributed by atoms with van der Waals surface area (Å²) in [5, 5.41) is 8.83. The number of ether oxygens (including phenoxy) is 1. The molecule has 0 aliphatic heterocycles. The summed E-state index contributed by atoms with van der Waals surface area (Å²) in [6.45, 7) is 0.322. The van der Waals surface area contributed by atoms with Gasteiger partial charge in [0.15, 0.2) is 0 Å². The highest BCUT2D eigenvalue weighted by Gasteiger charge is 2.08. The van der Waals surface area contributed by atoms with E-state index in [0.717, 1.165) is 9.13 Å². The first kappa shape index (κ1) is 10.3. The van der Waals surface area contributed by atoms with Crippen molar-refractivity contribution >= 4 is 22.6 Å². The van der Waals surface area contributed by atoms with E-state index >= 15 is 0 Å². The topological polar surface area (TPSA) is 59.0 Å². The normalized spacial score (nSPS) is 9.38. The summed E-state index contributed by atoms with van der Waals surface area (Å²) >= 11 is 2.14. The summed E-state index contributed by atoms with van der Waals surface area (Å²) in [5.74, 6) is 0.686. The van der Waals surface area contributed by atoms with E-state index in [1.807, 2.05) is 6.07 Å². The van der Waals surface area contributed by atoms with Crippen molar-refractivity contribution in [2.24, 2.45) is 5.73 Å². The fourth-order valence-corrected chi connectivity index (χ4v) is 1.70. The highest BCUT2D eigenvalue weighted by Crippen LogP contribution is 2.24. The van der Waals surface area contributed by atoms with E-state index in [0.29, 0.717) is 17.9 Å². The maximum atomic E-state index is 8.83. The number of hydrogen-bond donors (Lipinski definition) is 1. The molecule has 0 radical (unpaired) electrons. The number of nitrogens with zero attached hydrogens (tertiary/aromatic N) is 1. The first-order chi connectivity index (χ1) is 6.22. The molecule has 2 N–H and O–H groups in total. The van der Waals surface area contributed by atoms with Crippen LogP contribution in [-0.2, 0) is 6.54 Å². The van der Waals surface area contributed by atoms with E-state index in [9.17, 15) is 0 Å². The number of halogens is 1. The number of rotatable bonds is 2. The van der Waals surface area contributed by atoms with Crippen LogP contribution < -0.4 is 10.5 Å². The Morgan fingerprint density at radius 3 is 2.77 bits per heavy atom. The molecule has 0 aromatic heterocycles. The number of benzene rings is 1. The van der Waals surface area contributed by atoms with E-state index in [-0.39, 0.29) is 0 Å². The number of hydrogen-bond acceptors (Lipinski definition) is 3. The zero-order valence-corrected chi connectivity index (χ0v) is 9.33. The Morgan fingerprint density at radius 1 is 1.62 bits per heavy atom. The Bertz CT molecular complexity index is 357. The molecule has 0 aliphatic carbocycles. The van der Waals surface area contributed by atoms with Crippen LogP contribution in [0.25, 0.3) is 0 Å². The molecule has 0 amide bonds. The molecule has 0 unspecified atom stereocenters. The minimum absolute atomic E-state index is 0.322. The van der Waals surface area contributed by atoms with Crippen molar-refractivity contribution in [3.05, 3.63) is 26.8 Å². The summed E-state index contributed by atoms with van der Waals surface area (Å²) in [4.78, 5) is 0. The van der Waals surface area contributed by atoms with Gasteiger partial charge in [0.25, 0.3) is 0 Å². The highest BCUT2D eigenvalue weighted by atomic mass is 127. The molecule has 0 bridgehead atoms. The molecule has 0 fully saturated rings. The SMILES string of the molecule is COc1cc(I)cc(C#N)c1CN. The largest absolute Gasteiger partial charge is 0.496 e. The molecule has 0 heterocycles. The predicted octanol–water partition coefficient (Wildman–Crippen LogP) is 1.63. The highest BCUT2D eigenvalue weighted by molar-refractivity contribution is 14.1. The minimum atomic E-state index is 0.322. The molecular weight excluding hydrogens is 279 g/mol. The Labute approximate surface area is 90.6 Å².